The molecule has 0 fully saturated rings. The lowest BCUT2D eigenvalue weighted by atomic mass is 10.0. The van der Waals surface area contributed by atoms with E-state index >= 15 is 0 Å². The summed E-state index contributed by atoms with van der Waals surface area (Å²) in [5.74, 6) is 0.804. The second-order valence-electron chi connectivity index (χ2n) is 6.90. The number of carbonyl (C=O) groups excluding carboxylic acids is 1. The van der Waals surface area contributed by atoms with Crippen LogP contribution in [-0.2, 0) is 0 Å². The van der Waals surface area contributed by atoms with Gasteiger partial charge in [-0.3, -0.25) is 4.79 Å². The number of ketones is 1. The van der Waals surface area contributed by atoms with Crippen molar-refractivity contribution in [3.63, 3.8) is 0 Å². The summed E-state index contributed by atoms with van der Waals surface area (Å²) in [7, 11) is 4.05. The second kappa shape index (κ2) is 7.16. The maximum Gasteiger partial charge on any atom is 0.168 e. The average molecular weight is 375 g/mol. The predicted molar refractivity (Wildman–Crippen MR) is 111 cm³/mol. The summed E-state index contributed by atoms with van der Waals surface area (Å²) in [6, 6.07) is 18.3. The SMILES string of the molecule is Cc1nc(-c2ccccc2)nc2c1C(=O)C[C@@H](c1ccc(N(C)C)cc1)S2. The standard InChI is InChI=1S/C22H21N3OS/c1-14-20-18(26)13-19(15-9-11-17(12-10-15)25(2)3)27-22(20)24-21(23-14)16-7-5-4-6-8-16/h4-12,19H,13H2,1-3H3/t19-/m0/s1. The average Bonchev–Trinajstić information content (AvgIpc) is 2.68. The maximum absolute atomic E-state index is 12.8. The van der Waals surface area contributed by atoms with E-state index in [4.69, 9.17) is 4.98 Å². The topological polar surface area (TPSA) is 46.1 Å². The summed E-state index contributed by atoms with van der Waals surface area (Å²) in [5, 5.41) is 0.874. The van der Waals surface area contributed by atoms with Crippen LogP contribution in [0, 0.1) is 6.92 Å². The van der Waals surface area contributed by atoms with Gasteiger partial charge in [-0.2, -0.15) is 0 Å². The van der Waals surface area contributed by atoms with Crippen molar-refractivity contribution in [2.75, 3.05) is 19.0 Å². The Morgan fingerprint density at radius 2 is 1.70 bits per heavy atom. The number of nitrogens with zero attached hydrogens (tertiary/aromatic N) is 3. The Morgan fingerprint density at radius 1 is 1.00 bits per heavy atom. The highest BCUT2D eigenvalue weighted by molar-refractivity contribution is 7.99. The van der Waals surface area contributed by atoms with Gasteiger partial charge < -0.3 is 4.90 Å². The van der Waals surface area contributed by atoms with E-state index in [9.17, 15) is 4.79 Å². The molecule has 5 heteroatoms. The Labute approximate surface area is 163 Å². The number of carbonyl (C=O) groups is 1. The Hall–Kier alpha value is -2.66. The largest absolute Gasteiger partial charge is 0.378 e. The fourth-order valence-electron chi connectivity index (χ4n) is 3.29. The van der Waals surface area contributed by atoms with Crippen molar-refractivity contribution in [3.8, 4) is 11.4 Å². The van der Waals surface area contributed by atoms with Crippen LogP contribution in [0.4, 0.5) is 5.69 Å². The minimum absolute atomic E-state index is 0.0825. The van der Waals surface area contributed by atoms with Crippen LogP contribution in [0.25, 0.3) is 11.4 Å². The smallest absolute Gasteiger partial charge is 0.168 e. The Morgan fingerprint density at radius 3 is 2.37 bits per heavy atom. The van der Waals surface area contributed by atoms with Crippen LogP contribution in [0.1, 0.15) is 33.3 Å². The molecular weight excluding hydrogens is 354 g/mol. The fraction of sp³-hybridized carbons (Fsp3) is 0.227. The molecular formula is C22H21N3OS. The van der Waals surface area contributed by atoms with Gasteiger partial charge in [-0.15, -0.1) is 0 Å². The molecule has 0 saturated heterocycles. The Bertz CT molecular complexity index is 984. The number of hydrogen-bond donors (Lipinski definition) is 0. The molecule has 0 saturated carbocycles. The molecule has 2 heterocycles. The molecule has 27 heavy (non-hydrogen) atoms. The normalized spacial score (nSPS) is 16.1. The summed E-state index contributed by atoms with van der Waals surface area (Å²) >= 11 is 1.67. The van der Waals surface area contributed by atoms with Crippen LogP contribution < -0.4 is 4.90 Å². The third-order valence-corrected chi connectivity index (χ3v) is 6.02. The van der Waals surface area contributed by atoms with E-state index in [1.807, 2.05) is 51.4 Å². The molecule has 2 aromatic carbocycles. The first-order chi connectivity index (χ1) is 13.0. The first kappa shape index (κ1) is 17.7. The van der Waals surface area contributed by atoms with Crippen LogP contribution in [0.5, 0.6) is 0 Å². The zero-order valence-corrected chi connectivity index (χ0v) is 16.5. The van der Waals surface area contributed by atoms with Gasteiger partial charge >= 0.3 is 0 Å². The number of Topliss-reactive ketones (excluding diaryl/α,β-unsaturated/α-hetero) is 1. The number of hydrogen-bond acceptors (Lipinski definition) is 5. The molecule has 1 aliphatic heterocycles. The maximum atomic E-state index is 12.8. The van der Waals surface area contributed by atoms with Crippen molar-refractivity contribution in [3.05, 3.63) is 71.4 Å². The summed E-state index contributed by atoms with van der Waals surface area (Å²) in [4.78, 5) is 24.2. The molecule has 0 N–H and O–H groups in total. The molecule has 0 amide bonds. The zero-order valence-electron chi connectivity index (χ0n) is 15.6. The van der Waals surface area contributed by atoms with Crippen LogP contribution in [0.2, 0.25) is 0 Å². The number of rotatable bonds is 3. The van der Waals surface area contributed by atoms with E-state index in [0.29, 0.717) is 17.8 Å². The van der Waals surface area contributed by atoms with E-state index in [0.717, 1.165) is 27.5 Å². The van der Waals surface area contributed by atoms with Gasteiger partial charge in [-0.25, -0.2) is 9.97 Å². The molecule has 3 aromatic rings. The molecule has 0 unspecified atom stereocenters. The first-order valence-corrected chi connectivity index (χ1v) is 9.82. The third-order valence-electron chi connectivity index (χ3n) is 4.77. The van der Waals surface area contributed by atoms with Gasteiger partial charge in [0.2, 0.25) is 0 Å². The van der Waals surface area contributed by atoms with E-state index < -0.39 is 0 Å². The highest BCUT2D eigenvalue weighted by atomic mass is 32.2. The van der Waals surface area contributed by atoms with E-state index in [2.05, 4.69) is 34.1 Å². The molecule has 1 aliphatic rings. The van der Waals surface area contributed by atoms with E-state index in [1.54, 1.807) is 11.8 Å². The molecule has 0 spiro atoms. The number of aromatic nitrogens is 2. The molecule has 4 rings (SSSR count). The van der Waals surface area contributed by atoms with Crippen LogP contribution in [-0.4, -0.2) is 29.8 Å². The summed E-state index contributed by atoms with van der Waals surface area (Å²) < 4.78 is 0. The van der Waals surface area contributed by atoms with Gasteiger partial charge in [0.05, 0.1) is 11.3 Å². The number of fused-ring (bicyclic) bond motifs is 1. The summed E-state index contributed by atoms with van der Waals surface area (Å²) in [5.41, 5.74) is 4.71. The van der Waals surface area contributed by atoms with Crippen molar-refractivity contribution in [2.24, 2.45) is 0 Å². The summed E-state index contributed by atoms with van der Waals surface area (Å²) in [6.45, 7) is 1.90. The summed E-state index contributed by atoms with van der Waals surface area (Å²) in [6.07, 6.45) is 0.480. The monoisotopic (exact) mass is 375 g/mol. The lowest BCUT2D eigenvalue weighted by molar-refractivity contribution is 0.0974. The van der Waals surface area contributed by atoms with Gasteiger partial charge in [0.1, 0.15) is 5.03 Å². The van der Waals surface area contributed by atoms with Crippen molar-refractivity contribution in [2.45, 2.75) is 23.6 Å². The molecule has 0 bridgehead atoms. The van der Waals surface area contributed by atoms with Crippen molar-refractivity contribution in [1.82, 2.24) is 9.97 Å². The van der Waals surface area contributed by atoms with Gasteiger partial charge in [0.25, 0.3) is 0 Å². The number of anilines is 1. The number of benzene rings is 2. The molecule has 0 radical (unpaired) electrons. The van der Waals surface area contributed by atoms with Crippen LogP contribution >= 0.6 is 11.8 Å². The minimum Gasteiger partial charge on any atom is -0.378 e. The minimum atomic E-state index is 0.0825. The molecule has 0 aliphatic carbocycles. The van der Waals surface area contributed by atoms with Gasteiger partial charge in [0.15, 0.2) is 11.6 Å². The Kier molecular flexibility index (Phi) is 4.70. The third kappa shape index (κ3) is 3.47. The van der Waals surface area contributed by atoms with Crippen LogP contribution in [0.3, 0.4) is 0 Å². The van der Waals surface area contributed by atoms with Crippen molar-refractivity contribution < 1.29 is 4.79 Å². The van der Waals surface area contributed by atoms with Crippen molar-refractivity contribution in [1.29, 1.82) is 0 Å². The lowest BCUT2D eigenvalue weighted by Gasteiger charge is -2.24. The number of thioether (sulfide) groups is 1. The second-order valence-corrected chi connectivity index (χ2v) is 8.09. The molecule has 4 nitrogen and oxygen atoms in total. The highest BCUT2D eigenvalue weighted by Crippen LogP contribution is 2.45. The zero-order chi connectivity index (χ0) is 19.0. The Balaban J connectivity index is 1.70. The molecule has 1 atom stereocenters. The molecule has 1 aromatic heterocycles. The quantitative estimate of drug-likeness (QED) is 0.607. The van der Waals surface area contributed by atoms with Gasteiger partial charge in [0, 0.05) is 37.0 Å². The van der Waals surface area contributed by atoms with Gasteiger partial charge in [-0.05, 0) is 24.6 Å². The predicted octanol–water partition coefficient (Wildman–Crippen LogP) is 4.94. The molecule has 136 valence electrons. The number of aryl methyl sites for hydroxylation is 1. The lowest BCUT2D eigenvalue weighted by Crippen LogP contribution is -2.17. The van der Waals surface area contributed by atoms with E-state index in [-0.39, 0.29) is 11.0 Å². The fourth-order valence-corrected chi connectivity index (χ4v) is 4.61. The van der Waals surface area contributed by atoms with Crippen molar-refractivity contribution >= 4 is 23.2 Å². The van der Waals surface area contributed by atoms with Crippen LogP contribution in [0.15, 0.2) is 59.6 Å². The first-order valence-electron chi connectivity index (χ1n) is 8.94. The highest BCUT2D eigenvalue weighted by Gasteiger charge is 2.30. The van der Waals surface area contributed by atoms with E-state index in [1.165, 1.54) is 0 Å². The van der Waals surface area contributed by atoms with Gasteiger partial charge in [-0.1, -0.05) is 54.2 Å².